The molecule has 1 aliphatic rings. The number of rotatable bonds is 5. The van der Waals surface area contributed by atoms with Crippen LogP contribution in [0.25, 0.3) is 0 Å². The largest absolute Gasteiger partial charge is 0.394 e. The third-order valence-corrected chi connectivity index (χ3v) is 3.63. The van der Waals surface area contributed by atoms with Crippen LogP contribution >= 0.6 is 0 Å². The van der Waals surface area contributed by atoms with Crippen LogP contribution < -0.4 is 5.32 Å². The molecule has 1 aromatic heterocycles. The highest BCUT2D eigenvalue weighted by Gasteiger charge is 2.24. The van der Waals surface area contributed by atoms with Crippen LogP contribution in [-0.2, 0) is 4.74 Å². The van der Waals surface area contributed by atoms with Gasteiger partial charge in [0.25, 0.3) is 5.91 Å². The van der Waals surface area contributed by atoms with Crippen molar-refractivity contribution >= 4 is 11.7 Å². The fraction of sp³-hybridized carbons (Fsp3) is 0.600. The van der Waals surface area contributed by atoms with Crippen LogP contribution in [0.5, 0.6) is 0 Å². The first-order chi connectivity index (χ1) is 10.1. The predicted molar refractivity (Wildman–Crippen MR) is 80.5 cm³/mol. The molecule has 0 aromatic carbocycles. The minimum absolute atomic E-state index is 0.0395. The van der Waals surface area contributed by atoms with Gasteiger partial charge in [-0.2, -0.15) is 0 Å². The summed E-state index contributed by atoms with van der Waals surface area (Å²) in [5, 5.41) is 11.7. The molecule has 0 spiro atoms. The number of nitrogens with zero attached hydrogens (tertiary/aromatic N) is 2. The summed E-state index contributed by atoms with van der Waals surface area (Å²) in [6, 6.07) is 3.60. The van der Waals surface area contributed by atoms with Gasteiger partial charge < -0.3 is 20.1 Å². The summed E-state index contributed by atoms with van der Waals surface area (Å²) >= 11 is 0. The molecule has 1 fully saturated rings. The zero-order chi connectivity index (χ0) is 15.2. The smallest absolute Gasteiger partial charge is 0.254 e. The van der Waals surface area contributed by atoms with Crippen LogP contribution in [0.15, 0.2) is 12.1 Å². The highest BCUT2D eigenvalue weighted by molar-refractivity contribution is 5.95. The molecule has 0 radical (unpaired) electrons. The first-order valence-electron chi connectivity index (χ1n) is 7.32. The summed E-state index contributed by atoms with van der Waals surface area (Å²) in [6.07, 6.45) is 1.77. The molecule has 2 rings (SSSR count). The van der Waals surface area contributed by atoms with Gasteiger partial charge in [0.05, 0.1) is 19.3 Å². The minimum Gasteiger partial charge on any atom is -0.394 e. The van der Waals surface area contributed by atoms with Gasteiger partial charge in [0.1, 0.15) is 5.82 Å². The Kier molecular flexibility index (Phi) is 5.52. The normalized spacial score (nSPS) is 16.0. The Bertz CT molecular complexity index is 485. The molecule has 116 valence electrons. The Hall–Kier alpha value is -1.66. The number of carbonyl (C=O) groups is 1. The third kappa shape index (κ3) is 4.15. The zero-order valence-electron chi connectivity index (χ0n) is 12.6. The summed E-state index contributed by atoms with van der Waals surface area (Å²) < 4.78 is 5.51. The fourth-order valence-electron chi connectivity index (χ4n) is 2.55. The number of ether oxygens (including phenoxy) is 1. The number of aromatic nitrogens is 1. The average molecular weight is 293 g/mol. The van der Waals surface area contributed by atoms with Crippen LogP contribution in [-0.4, -0.2) is 60.4 Å². The predicted octanol–water partition coefficient (Wildman–Crippen LogP) is 1.05. The van der Waals surface area contributed by atoms with Gasteiger partial charge in [-0.05, 0) is 31.9 Å². The summed E-state index contributed by atoms with van der Waals surface area (Å²) in [4.78, 5) is 18.7. The number of amides is 1. The van der Waals surface area contributed by atoms with E-state index in [0.717, 1.165) is 18.5 Å². The quantitative estimate of drug-likeness (QED) is 0.848. The standard InChI is InChI=1S/C15H23N3O3/c1-11-9-12(10-14(16-2)17-11)15(20)18-5-3-13(4-6-18)21-8-7-19/h9-10,13,19H,3-8H2,1-2H3,(H,16,17). The number of likely N-dealkylation sites (tertiary alicyclic amines) is 1. The summed E-state index contributed by atoms with van der Waals surface area (Å²) in [6.45, 7) is 3.67. The van der Waals surface area contributed by atoms with E-state index in [4.69, 9.17) is 9.84 Å². The van der Waals surface area contributed by atoms with Crippen LogP contribution in [0.4, 0.5) is 5.82 Å². The van der Waals surface area contributed by atoms with Crippen molar-refractivity contribution in [2.75, 3.05) is 38.7 Å². The van der Waals surface area contributed by atoms with E-state index in [9.17, 15) is 4.79 Å². The van der Waals surface area contributed by atoms with E-state index in [0.29, 0.717) is 31.1 Å². The van der Waals surface area contributed by atoms with Crippen LogP contribution in [0.1, 0.15) is 28.9 Å². The lowest BCUT2D eigenvalue weighted by atomic mass is 10.1. The number of hydrogen-bond acceptors (Lipinski definition) is 5. The van der Waals surface area contributed by atoms with Gasteiger partial charge in [0, 0.05) is 31.4 Å². The molecule has 1 saturated heterocycles. The lowest BCUT2D eigenvalue weighted by Crippen LogP contribution is -2.41. The zero-order valence-corrected chi connectivity index (χ0v) is 12.6. The maximum absolute atomic E-state index is 12.5. The van der Waals surface area contributed by atoms with E-state index in [-0.39, 0.29) is 18.6 Å². The monoisotopic (exact) mass is 293 g/mol. The Labute approximate surface area is 125 Å². The van der Waals surface area contributed by atoms with E-state index in [2.05, 4.69) is 10.3 Å². The maximum atomic E-state index is 12.5. The van der Waals surface area contributed by atoms with Crippen molar-refractivity contribution < 1.29 is 14.6 Å². The van der Waals surface area contributed by atoms with Gasteiger partial charge in [-0.1, -0.05) is 0 Å². The number of aryl methyl sites for hydroxylation is 1. The molecule has 2 N–H and O–H groups in total. The lowest BCUT2D eigenvalue weighted by Gasteiger charge is -2.32. The molecular weight excluding hydrogens is 270 g/mol. The lowest BCUT2D eigenvalue weighted by molar-refractivity contribution is -0.00554. The molecule has 0 unspecified atom stereocenters. The van der Waals surface area contributed by atoms with Crippen LogP contribution in [0, 0.1) is 6.92 Å². The number of piperidine rings is 1. The highest BCUT2D eigenvalue weighted by Crippen LogP contribution is 2.18. The van der Waals surface area contributed by atoms with Crippen molar-refractivity contribution in [3.63, 3.8) is 0 Å². The van der Waals surface area contributed by atoms with Crippen molar-refractivity contribution in [3.05, 3.63) is 23.4 Å². The second-order valence-corrected chi connectivity index (χ2v) is 5.22. The van der Waals surface area contributed by atoms with Gasteiger partial charge in [0.2, 0.25) is 0 Å². The van der Waals surface area contributed by atoms with E-state index >= 15 is 0 Å². The number of hydrogen-bond donors (Lipinski definition) is 2. The average Bonchev–Trinajstić information content (AvgIpc) is 2.52. The second kappa shape index (κ2) is 7.38. The van der Waals surface area contributed by atoms with Gasteiger partial charge >= 0.3 is 0 Å². The number of nitrogens with one attached hydrogen (secondary N) is 1. The molecular formula is C15H23N3O3. The van der Waals surface area contributed by atoms with E-state index in [1.807, 2.05) is 17.9 Å². The van der Waals surface area contributed by atoms with Gasteiger partial charge in [-0.25, -0.2) is 4.98 Å². The molecule has 6 nitrogen and oxygen atoms in total. The molecule has 1 aliphatic heterocycles. The molecule has 0 saturated carbocycles. The van der Waals surface area contributed by atoms with Crippen molar-refractivity contribution in [1.82, 2.24) is 9.88 Å². The molecule has 1 amide bonds. The summed E-state index contributed by atoms with van der Waals surface area (Å²) in [5.41, 5.74) is 1.49. The van der Waals surface area contributed by atoms with E-state index in [1.54, 1.807) is 13.1 Å². The molecule has 6 heteroatoms. The maximum Gasteiger partial charge on any atom is 0.254 e. The van der Waals surface area contributed by atoms with Crippen molar-refractivity contribution in [1.29, 1.82) is 0 Å². The van der Waals surface area contributed by atoms with E-state index in [1.165, 1.54) is 0 Å². The van der Waals surface area contributed by atoms with E-state index < -0.39 is 0 Å². The number of aliphatic hydroxyl groups excluding tert-OH is 1. The molecule has 21 heavy (non-hydrogen) atoms. The summed E-state index contributed by atoms with van der Waals surface area (Å²) in [5.74, 6) is 0.747. The topological polar surface area (TPSA) is 74.7 Å². The Morgan fingerprint density at radius 2 is 2.19 bits per heavy atom. The number of anilines is 1. The molecule has 2 heterocycles. The number of pyridine rings is 1. The fourth-order valence-corrected chi connectivity index (χ4v) is 2.55. The van der Waals surface area contributed by atoms with Crippen molar-refractivity contribution in [2.45, 2.75) is 25.9 Å². The molecule has 0 atom stereocenters. The first kappa shape index (κ1) is 15.7. The van der Waals surface area contributed by atoms with Crippen LogP contribution in [0.2, 0.25) is 0 Å². The molecule has 1 aromatic rings. The number of carbonyl (C=O) groups excluding carboxylic acids is 1. The third-order valence-electron chi connectivity index (χ3n) is 3.63. The SMILES string of the molecule is CNc1cc(C(=O)N2CCC(OCCO)CC2)cc(C)n1. The summed E-state index contributed by atoms with van der Waals surface area (Å²) in [7, 11) is 1.79. The second-order valence-electron chi connectivity index (χ2n) is 5.22. The molecule has 0 bridgehead atoms. The molecule has 0 aliphatic carbocycles. The van der Waals surface area contributed by atoms with Gasteiger partial charge in [0.15, 0.2) is 0 Å². The van der Waals surface area contributed by atoms with Crippen molar-refractivity contribution in [2.24, 2.45) is 0 Å². The Morgan fingerprint density at radius 3 is 2.81 bits per heavy atom. The number of aliphatic hydroxyl groups is 1. The Balaban J connectivity index is 1.97. The highest BCUT2D eigenvalue weighted by atomic mass is 16.5. The minimum atomic E-state index is 0.0395. The van der Waals surface area contributed by atoms with Crippen molar-refractivity contribution in [3.8, 4) is 0 Å². The van der Waals surface area contributed by atoms with Crippen LogP contribution in [0.3, 0.4) is 0 Å². The van der Waals surface area contributed by atoms with Gasteiger partial charge in [-0.15, -0.1) is 0 Å². The first-order valence-corrected chi connectivity index (χ1v) is 7.32. The Morgan fingerprint density at radius 1 is 1.48 bits per heavy atom. The van der Waals surface area contributed by atoms with Gasteiger partial charge in [-0.3, -0.25) is 4.79 Å².